The van der Waals surface area contributed by atoms with E-state index in [2.05, 4.69) is 40.6 Å². The highest BCUT2D eigenvalue weighted by Gasteiger charge is 2.53. The normalized spacial score (nSPS) is 24.5. The van der Waals surface area contributed by atoms with Crippen molar-refractivity contribution in [1.82, 2.24) is 0 Å². The van der Waals surface area contributed by atoms with Crippen molar-refractivity contribution in [3.8, 4) is 5.75 Å². The molecule has 2 heterocycles. The number of carbonyl (C=O) groups is 1. The summed E-state index contributed by atoms with van der Waals surface area (Å²) < 4.78 is 5.90. The molecule has 0 aromatic heterocycles. The van der Waals surface area contributed by atoms with Gasteiger partial charge in [0.2, 0.25) is 0 Å². The van der Waals surface area contributed by atoms with E-state index >= 15 is 0 Å². The molecule has 0 radical (unpaired) electrons. The Kier molecular flexibility index (Phi) is 3.01. The monoisotopic (exact) mass is 328 g/mol. The zero-order chi connectivity index (χ0) is 16.9. The van der Waals surface area contributed by atoms with E-state index in [1.807, 2.05) is 36.4 Å². The van der Waals surface area contributed by atoms with E-state index in [1.165, 1.54) is 5.39 Å². The van der Waals surface area contributed by atoms with Crippen molar-refractivity contribution >= 4 is 16.6 Å². The van der Waals surface area contributed by atoms with Crippen LogP contribution in [0.1, 0.15) is 21.8 Å². The molecule has 0 saturated heterocycles. The first-order valence-electron chi connectivity index (χ1n) is 8.42. The Bertz CT molecular complexity index is 1030. The summed E-state index contributed by atoms with van der Waals surface area (Å²) in [7, 11) is 0. The van der Waals surface area contributed by atoms with Crippen molar-refractivity contribution in [2.45, 2.75) is 11.5 Å². The van der Waals surface area contributed by atoms with Gasteiger partial charge in [-0.05, 0) is 28.5 Å². The second-order valence-electron chi connectivity index (χ2n) is 6.62. The molecule has 0 fully saturated rings. The molecule has 4 heteroatoms. The third kappa shape index (κ3) is 2.03. The van der Waals surface area contributed by atoms with E-state index in [4.69, 9.17) is 4.74 Å². The summed E-state index contributed by atoms with van der Waals surface area (Å²) in [6.07, 6.45) is 0. The first kappa shape index (κ1) is 14.3. The van der Waals surface area contributed by atoms with Crippen LogP contribution in [0.2, 0.25) is 0 Å². The van der Waals surface area contributed by atoms with Crippen LogP contribution in [0.3, 0.4) is 0 Å². The molecule has 4 nitrogen and oxygen atoms in total. The molecule has 5 rings (SSSR count). The highest BCUT2D eigenvalue weighted by molar-refractivity contribution is 6.07. The molecule has 2 atom stereocenters. The molecule has 3 aromatic carbocycles. The van der Waals surface area contributed by atoms with Gasteiger partial charge in [0, 0.05) is 5.92 Å². The third-order valence-corrected chi connectivity index (χ3v) is 5.24. The Hall–Kier alpha value is -3.01. The number of Topliss-reactive ketones (excluding diaryl/α,β-unsaturated/α-hetero) is 1. The lowest BCUT2D eigenvalue weighted by Crippen LogP contribution is -2.49. The number of carbonyl (C=O) groups excluding carboxylic acids is 1. The SMILES string of the molecule is O=C1c2ccccc2OCC12N=NCC2c1ccc2ccccc2c1. The van der Waals surface area contributed by atoms with Crippen LogP contribution in [0.4, 0.5) is 0 Å². The lowest BCUT2D eigenvalue weighted by atomic mass is 9.74. The van der Waals surface area contributed by atoms with Gasteiger partial charge in [-0.15, -0.1) is 0 Å². The van der Waals surface area contributed by atoms with Gasteiger partial charge in [-0.25, -0.2) is 0 Å². The van der Waals surface area contributed by atoms with Gasteiger partial charge in [-0.2, -0.15) is 10.2 Å². The van der Waals surface area contributed by atoms with Crippen molar-refractivity contribution in [3.63, 3.8) is 0 Å². The summed E-state index contributed by atoms with van der Waals surface area (Å²) in [5, 5.41) is 11.0. The summed E-state index contributed by atoms with van der Waals surface area (Å²) in [4.78, 5) is 13.3. The van der Waals surface area contributed by atoms with Crippen LogP contribution in [0.25, 0.3) is 10.8 Å². The Morgan fingerprint density at radius 3 is 2.68 bits per heavy atom. The van der Waals surface area contributed by atoms with Gasteiger partial charge < -0.3 is 4.74 Å². The fourth-order valence-electron chi connectivity index (χ4n) is 3.87. The molecule has 3 aromatic rings. The number of nitrogens with zero attached hydrogens (tertiary/aromatic N) is 2. The average molecular weight is 328 g/mol. The van der Waals surface area contributed by atoms with Crippen molar-refractivity contribution in [3.05, 3.63) is 77.9 Å². The highest BCUT2D eigenvalue weighted by Crippen LogP contribution is 2.44. The molecule has 2 aliphatic heterocycles. The van der Waals surface area contributed by atoms with E-state index in [1.54, 1.807) is 0 Å². The molecular formula is C21H16N2O2. The molecule has 0 aliphatic carbocycles. The van der Waals surface area contributed by atoms with Crippen LogP contribution in [-0.2, 0) is 0 Å². The molecule has 0 N–H and O–H groups in total. The maximum atomic E-state index is 13.3. The fraction of sp³-hybridized carbons (Fsp3) is 0.190. The first-order valence-corrected chi connectivity index (χ1v) is 8.42. The predicted molar refractivity (Wildman–Crippen MR) is 95.4 cm³/mol. The Morgan fingerprint density at radius 1 is 0.960 bits per heavy atom. The minimum atomic E-state index is -0.948. The largest absolute Gasteiger partial charge is 0.490 e. The van der Waals surface area contributed by atoms with Gasteiger partial charge >= 0.3 is 0 Å². The zero-order valence-electron chi connectivity index (χ0n) is 13.6. The number of rotatable bonds is 1. The van der Waals surface area contributed by atoms with Gasteiger partial charge in [0.15, 0.2) is 11.3 Å². The molecular weight excluding hydrogens is 312 g/mol. The highest BCUT2D eigenvalue weighted by atomic mass is 16.5. The van der Waals surface area contributed by atoms with Gasteiger partial charge in [-0.3, -0.25) is 4.79 Å². The second kappa shape index (κ2) is 5.24. The minimum Gasteiger partial charge on any atom is -0.490 e. The number of hydrogen-bond acceptors (Lipinski definition) is 4. The van der Waals surface area contributed by atoms with E-state index < -0.39 is 5.54 Å². The Balaban J connectivity index is 1.61. The van der Waals surface area contributed by atoms with Gasteiger partial charge in [-0.1, -0.05) is 54.6 Å². The smallest absolute Gasteiger partial charge is 0.200 e. The number of para-hydroxylation sites is 1. The third-order valence-electron chi connectivity index (χ3n) is 5.24. The molecule has 1 spiro atoms. The van der Waals surface area contributed by atoms with Gasteiger partial charge in [0.05, 0.1) is 12.1 Å². The molecule has 0 saturated carbocycles. The van der Waals surface area contributed by atoms with Crippen LogP contribution >= 0.6 is 0 Å². The maximum absolute atomic E-state index is 13.3. The molecule has 2 unspecified atom stereocenters. The zero-order valence-corrected chi connectivity index (χ0v) is 13.6. The van der Waals surface area contributed by atoms with Crippen LogP contribution in [0, 0.1) is 0 Å². The first-order chi connectivity index (χ1) is 12.3. The van der Waals surface area contributed by atoms with Crippen LogP contribution in [-0.4, -0.2) is 24.5 Å². The lowest BCUT2D eigenvalue weighted by molar-refractivity contribution is 0.0759. The van der Waals surface area contributed by atoms with Crippen LogP contribution in [0.15, 0.2) is 77.0 Å². The molecule has 0 bridgehead atoms. The second-order valence-corrected chi connectivity index (χ2v) is 6.62. The van der Waals surface area contributed by atoms with E-state index in [0.29, 0.717) is 17.9 Å². The van der Waals surface area contributed by atoms with Crippen LogP contribution in [0.5, 0.6) is 5.75 Å². The van der Waals surface area contributed by atoms with Gasteiger partial charge in [0.1, 0.15) is 12.4 Å². The average Bonchev–Trinajstić information content (AvgIpc) is 3.09. The lowest BCUT2D eigenvalue weighted by Gasteiger charge is -2.34. The molecule has 0 amide bonds. The number of benzene rings is 3. The summed E-state index contributed by atoms with van der Waals surface area (Å²) >= 11 is 0. The molecule has 25 heavy (non-hydrogen) atoms. The van der Waals surface area contributed by atoms with E-state index in [0.717, 1.165) is 10.9 Å². The van der Waals surface area contributed by atoms with Crippen molar-refractivity contribution in [2.24, 2.45) is 10.2 Å². The van der Waals surface area contributed by atoms with Crippen molar-refractivity contribution in [1.29, 1.82) is 0 Å². The topological polar surface area (TPSA) is 51.0 Å². The van der Waals surface area contributed by atoms with Gasteiger partial charge in [0.25, 0.3) is 0 Å². The number of ether oxygens (including phenoxy) is 1. The Labute approximate surface area is 145 Å². The maximum Gasteiger partial charge on any atom is 0.200 e. The van der Waals surface area contributed by atoms with E-state index in [-0.39, 0.29) is 18.3 Å². The summed E-state index contributed by atoms with van der Waals surface area (Å²) in [6.45, 7) is 0.749. The summed E-state index contributed by atoms with van der Waals surface area (Å²) in [6, 6.07) is 21.9. The number of ketones is 1. The molecule has 2 aliphatic rings. The minimum absolute atomic E-state index is 0.00811. The summed E-state index contributed by atoms with van der Waals surface area (Å²) in [5.41, 5.74) is 0.733. The number of hydrogen-bond donors (Lipinski definition) is 0. The van der Waals surface area contributed by atoms with Crippen molar-refractivity contribution in [2.75, 3.05) is 13.2 Å². The van der Waals surface area contributed by atoms with E-state index in [9.17, 15) is 4.79 Å². The predicted octanol–water partition coefficient (Wildman–Crippen LogP) is 4.40. The number of azo groups is 1. The quantitative estimate of drug-likeness (QED) is 0.664. The summed E-state index contributed by atoms with van der Waals surface area (Å²) in [5.74, 6) is 0.546. The standard InChI is InChI=1S/C21H16N2O2/c24-20-17-7-3-4-8-19(17)25-13-21(20)18(12-22-23-21)16-10-9-14-5-1-2-6-15(14)11-16/h1-11,18H,12-13H2. The molecule has 122 valence electrons. The number of fused-ring (bicyclic) bond motifs is 2. The van der Waals surface area contributed by atoms with Crippen molar-refractivity contribution < 1.29 is 9.53 Å². The van der Waals surface area contributed by atoms with Crippen LogP contribution < -0.4 is 4.74 Å². The fourth-order valence-corrected chi connectivity index (χ4v) is 3.87. The Morgan fingerprint density at radius 2 is 1.76 bits per heavy atom.